The van der Waals surface area contributed by atoms with E-state index >= 15 is 0 Å². The van der Waals surface area contributed by atoms with Gasteiger partial charge in [-0.2, -0.15) is 23.3 Å². The van der Waals surface area contributed by atoms with Crippen molar-refractivity contribution in [2.75, 3.05) is 30.4 Å². The molecule has 1 aliphatic heterocycles. The van der Waals surface area contributed by atoms with Gasteiger partial charge in [0.15, 0.2) is 0 Å². The maximum Gasteiger partial charge on any atom is 0.421 e. The quantitative estimate of drug-likeness (QED) is 0.813. The van der Waals surface area contributed by atoms with Gasteiger partial charge in [-0.1, -0.05) is 6.92 Å². The number of nitrogens with zero attached hydrogens (tertiary/aromatic N) is 4. The van der Waals surface area contributed by atoms with Crippen LogP contribution in [0, 0.1) is 12.3 Å². The summed E-state index contributed by atoms with van der Waals surface area (Å²) in [4.78, 5) is 7.76. The number of nitrogens with one attached hydrogen (secondary N) is 2. The Balaban J connectivity index is 1.80. The summed E-state index contributed by atoms with van der Waals surface area (Å²) in [5, 5.41) is 9.92. The highest BCUT2D eigenvalue weighted by molar-refractivity contribution is 5.58. The molecule has 0 atom stereocenters. The Bertz CT molecular complexity index is 785. The van der Waals surface area contributed by atoms with E-state index in [1.165, 1.54) is 0 Å². The number of ether oxygens (including phenoxy) is 1. The molecule has 0 radical (unpaired) electrons. The minimum Gasteiger partial charge on any atom is -0.380 e. The van der Waals surface area contributed by atoms with Crippen molar-refractivity contribution in [3.63, 3.8) is 0 Å². The van der Waals surface area contributed by atoms with Gasteiger partial charge in [0.25, 0.3) is 0 Å². The molecule has 3 heterocycles. The maximum absolute atomic E-state index is 13.0. The van der Waals surface area contributed by atoms with Gasteiger partial charge >= 0.3 is 6.18 Å². The van der Waals surface area contributed by atoms with Crippen LogP contribution < -0.4 is 10.6 Å². The first-order valence-corrected chi connectivity index (χ1v) is 8.27. The van der Waals surface area contributed by atoms with E-state index in [0.29, 0.717) is 32.0 Å². The average molecular weight is 370 g/mol. The van der Waals surface area contributed by atoms with Gasteiger partial charge in [-0.15, -0.1) is 0 Å². The molecule has 0 spiro atoms. The van der Waals surface area contributed by atoms with Crippen LogP contribution in [0.4, 0.5) is 30.6 Å². The van der Waals surface area contributed by atoms with Gasteiger partial charge in [-0.05, 0) is 13.8 Å². The summed E-state index contributed by atoms with van der Waals surface area (Å²) in [6.07, 6.45) is -2.12. The Labute approximate surface area is 149 Å². The maximum atomic E-state index is 13.0. The van der Waals surface area contributed by atoms with E-state index in [0.717, 1.165) is 11.9 Å². The summed E-state index contributed by atoms with van der Waals surface area (Å²) in [5.74, 6) is -0.170. The van der Waals surface area contributed by atoms with Crippen molar-refractivity contribution in [3.05, 3.63) is 23.7 Å². The molecule has 10 heteroatoms. The van der Waals surface area contributed by atoms with E-state index in [9.17, 15) is 13.2 Å². The number of rotatable bonds is 6. The fourth-order valence-electron chi connectivity index (χ4n) is 2.70. The van der Waals surface area contributed by atoms with Crippen molar-refractivity contribution in [2.45, 2.75) is 33.5 Å². The SMILES string of the molecule is CCNc1nc(Nc2cnn(CC3(C)COC3)c2C)ncc1C(F)(F)F. The van der Waals surface area contributed by atoms with E-state index in [1.54, 1.807) is 13.1 Å². The van der Waals surface area contributed by atoms with Gasteiger partial charge in [-0.3, -0.25) is 4.68 Å². The summed E-state index contributed by atoms with van der Waals surface area (Å²) in [5.41, 5.74) is 0.662. The van der Waals surface area contributed by atoms with Gasteiger partial charge < -0.3 is 15.4 Å². The molecule has 0 amide bonds. The van der Waals surface area contributed by atoms with Crippen molar-refractivity contribution in [1.82, 2.24) is 19.7 Å². The monoisotopic (exact) mass is 370 g/mol. The number of alkyl halides is 3. The average Bonchev–Trinajstić information content (AvgIpc) is 2.86. The lowest BCUT2D eigenvalue weighted by Gasteiger charge is -2.38. The van der Waals surface area contributed by atoms with Gasteiger partial charge in [-0.25, -0.2) is 4.98 Å². The van der Waals surface area contributed by atoms with Crippen LogP contribution in [0.25, 0.3) is 0 Å². The molecule has 3 rings (SSSR count). The molecular formula is C16H21F3N6O. The molecular weight excluding hydrogens is 349 g/mol. The van der Waals surface area contributed by atoms with Crippen LogP contribution in [0.15, 0.2) is 12.4 Å². The van der Waals surface area contributed by atoms with Crippen molar-refractivity contribution in [3.8, 4) is 0 Å². The number of aromatic nitrogens is 4. The number of hydrogen-bond donors (Lipinski definition) is 2. The molecule has 0 aliphatic carbocycles. The van der Waals surface area contributed by atoms with E-state index in [-0.39, 0.29) is 17.2 Å². The lowest BCUT2D eigenvalue weighted by atomic mass is 9.89. The highest BCUT2D eigenvalue weighted by Gasteiger charge is 2.36. The van der Waals surface area contributed by atoms with Gasteiger partial charge in [0, 0.05) is 18.2 Å². The normalized spacial score (nSPS) is 16.2. The molecule has 1 fully saturated rings. The summed E-state index contributed by atoms with van der Waals surface area (Å²) in [6, 6.07) is 0. The fraction of sp³-hybridized carbons (Fsp3) is 0.562. The second kappa shape index (κ2) is 6.75. The number of hydrogen-bond acceptors (Lipinski definition) is 6. The first-order chi connectivity index (χ1) is 12.2. The third-order valence-corrected chi connectivity index (χ3v) is 4.22. The minimum atomic E-state index is -4.52. The van der Waals surface area contributed by atoms with Gasteiger partial charge in [0.05, 0.1) is 37.3 Å². The smallest absolute Gasteiger partial charge is 0.380 e. The van der Waals surface area contributed by atoms with Crippen LogP contribution >= 0.6 is 0 Å². The summed E-state index contributed by atoms with van der Waals surface area (Å²) in [6.45, 7) is 8.09. The summed E-state index contributed by atoms with van der Waals surface area (Å²) in [7, 11) is 0. The van der Waals surface area contributed by atoms with Gasteiger partial charge in [0.1, 0.15) is 11.4 Å². The minimum absolute atomic E-state index is 0.0527. The zero-order valence-corrected chi connectivity index (χ0v) is 14.8. The molecule has 7 nitrogen and oxygen atoms in total. The Morgan fingerprint density at radius 1 is 1.31 bits per heavy atom. The lowest BCUT2D eigenvalue weighted by molar-refractivity contribution is -0.137. The summed E-state index contributed by atoms with van der Waals surface area (Å²) >= 11 is 0. The van der Waals surface area contributed by atoms with E-state index in [2.05, 4.69) is 32.6 Å². The molecule has 2 aromatic heterocycles. The predicted molar refractivity (Wildman–Crippen MR) is 90.4 cm³/mol. The summed E-state index contributed by atoms with van der Waals surface area (Å²) < 4.78 is 46.2. The van der Waals surface area contributed by atoms with E-state index in [4.69, 9.17) is 4.74 Å². The van der Waals surface area contributed by atoms with Gasteiger partial charge in [0.2, 0.25) is 5.95 Å². The van der Waals surface area contributed by atoms with Crippen LogP contribution in [-0.2, 0) is 17.5 Å². The van der Waals surface area contributed by atoms with Crippen molar-refractivity contribution in [1.29, 1.82) is 0 Å². The van der Waals surface area contributed by atoms with Crippen LogP contribution in [0.3, 0.4) is 0 Å². The highest BCUT2D eigenvalue weighted by atomic mass is 19.4. The number of anilines is 3. The Morgan fingerprint density at radius 2 is 2.04 bits per heavy atom. The zero-order chi connectivity index (χ0) is 18.9. The second-order valence-corrected chi connectivity index (χ2v) is 6.71. The topological polar surface area (TPSA) is 76.9 Å². The fourth-order valence-corrected chi connectivity index (χ4v) is 2.70. The molecule has 0 bridgehead atoms. The third-order valence-electron chi connectivity index (χ3n) is 4.22. The highest BCUT2D eigenvalue weighted by Crippen LogP contribution is 2.34. The van der Waals surface area contributed by atoms with Crippen LogP contribution in [0.2, 0.25) is 0 Å². The molecule has 0 aromatic carbocycles. The molecule has 1 aliphatic rings. The lowest BCUT2D eigenvalue weighted by Crippen LogP contribution is -2.43. The first kappa shape index (κ1) is 18.4. The molecule has 0 unspecified atom stereocenters. The first-order valence-electron chi connectivity index (χ1n) is 8.27. The predicted octanol–water partition coefficient (Wildman–Crippen LogP) is 3.21. The second-order valence-electron chi connectivity index (χ2n) is 6.71. The van der Waals surface area contributed by atoms with Crippen LogP contribution in [-0.4, -0.2) is 39.5 Å². The molecule has 142 valence electrons. The molecule has 1 saturated heterocycles. The molecule has 2 N–H and O–H groups in total. The zero-order valence-electron chi connectivity index (χ0n) is 14.8. The van der Waals surface area contributed by atoms with Crippen molar-refractivity contribution < 1.29 is 17.9 Å². The van der Waals surface area contributed by atoms with E-state index in [1.807, 2.05) is 11.6 Å². The molecule has 0 saturated carbocycles. The Morgan fingerprint density at radius 3 is 2.62 bits per heavy atom. The standard InChI is InChI=1S/C16H21F3N6O/c1-4-20-13-11(16(17,18)19)5-21-14(24-13)23-12-6-22-25(10(12)2)7-15(3)8-26-9-15/h5-6H,4,7-9H2,1-3H3,(H2,20,21,23,24). The Hall–Kier alpha value is -2.36. The van der Waals surface area contributed by atoms with Crippen molar-refractivity contribution in [2.24, 2.45) is 5.41 Å². The van der Waals surface area contributed by atoms with Crippen molar-refractivity contribution >= 4 is 17.5 Å². The Kier molecular flexibility index (Phi) is 4.78. The van der Waals surface area contributed by atoms with Crippen LogP contribution in [0.5, 0.6) is 0 Å². The van der Waals surface area contributed by atoms with Crippen LogP contribution in [0.1, 0.15) is 25.1 Å². The molecule has 2 aromatic rings. The molecule has 26 heavy (non-hydrogen) atoms. The third kappa shape index (κ3) is 3.74. The number of halogens is 3. The largest absolute Gasteiger partial charge is 0.421 e. The van der Waals surface area contributed by atoms with E-state index < -0.39 is 11.7 Å².